The second-order valence-corrected chi connectivity index (χ2v) is 4.73. The van der Waals surface area contributed by atoms with Crippen molar-refractivity contribution in [2.45, 2.75) is 0 Å². The van der Waals surface area contributed by atoms with Crippen molar-refractivity contribution in [1.82, 2.24) is 10.7 Å². The minimum atomic E-state index is -0.543. The zero-order valence-electron chi connectivity index (χ0n) is 13.0. The minimum absolute atomic E-state index is 0.139. The first kappa shape index (κ1) is 17.1. The average Bonchev–Trinajstić information content (AvgIpc) is 2.60. The normalized spacial score (nSPS) is 10.4. The summed E-state index contributed by atoms with van der Waals surface area (Å²) in [7, 11) is 1.53. The van der Waals surface area contributed by atoms with Crippen molar-refractivity contribution < 1.29 is 18.7 Å². The van der Waals surface area contributed by atoms with E-state index in [-0.39, 0.29) is 12.1 Å². The van der Waals surface area contributed by atoms with Gasteiger partial charge < -0.3 is 10.1 Å². The van der Waals surface area contributed by atoms with Gasteiger partial charge in [0.15, 0.2) is 0 Å². The number of benzene rings is 2. The molecule has 0 aliphatic carbocycles. The SMILES string of the molecule is COc1ccccc1/C=N/NC(=O)CNC(=O)c1cccc(F)c1. The smallest absolute Gasteiger partial charge is 0.259 e. The van der Waals surface area contributed by atoms with Crippen LogP contribution in [0.15, 0.2) is 53.6 Å². The molecule has 0 atom stereocenters. The van der Waals surface area contributed by atoms with E-state index >= 15 is 0 Å². The Bertz CT molecular complexity index is 762. The third-order valence-electron chi connectivity index (χ3n) is 3.03. The van der Waals surface area contributed by atoms with Crippen LogP contribution in [0.2, 0.25) is 0 Å². The first-order valence-corrected chi connectivity index (χ1v) is 7.09. The van der Waals surface area contributed by atoms with Gasteiger partial charge in [0.05, 0.1) is 19.9 Å². The molecule has 0 aliphatic heterocycles. The van der Waals surface area contributed by atoms with Gasteiger partial charge in [-0.1, -0.05) is 18.2 Å². The van der Waals surface area contributed by atoms with Gasteiger partial charge in [-0.05, 0) is 30.3 Å². The van der Waals surface area contributed by atoms with Crippen molar-refractivity contribution in [3.05, 3.63) is 65.5 Å². The van der Waals surface area contributed by atoms with Crippen LogP contribution >= 0.6 is 0 Å². The first-order chi connectivity index (χ1) is 11.6. The lowest BCUT2D eigenvalue weighted by molar-refractivity contribution is -0.120. The molecule has 0 spiro atoms. The fraction of sp³-hybridized carbons (Fsp3) is 0.118. The summed E-state index contributed by atoms with van der Waals surface area (Å²) in [5.41, 5.74) is 3.12. The van der Waals surface area contributed by atoms with Gasteiger partial charge in [0.25, 0.3) is 11.8 Å². The van der Waals surface area contributed by atoms with Crippen LogP contribution in [-0.2, 0) is 4.79 Å². The maximum absolute atomic E-state index is 13.0. The van der Waals surface area contributed by atoms with Gasteiger partial charge in [-0.15, -0.1) is 0 Å². The third kappa shape index (κ3) is 4.91. The molecule has 2 aromatic carbocycles. The summed E-state index contributed by atoms with van der Waals surface area (Å²) in [5, 5.41) is 6.18. The van der Waals surface area contributed by atoms with Gasteiger partial charge in [-0.25, -0.2) is 9.82 Å². The summed E-state index contributed by atoms with van der Waals surface area (Å²) in [5.74, 6) is -0.951. The highest BCUT2D eigenvalue weighted by atomic mass is 19.1. The summed E-state index contributed by atoms with van der Waals surface area (Å²) in [4.78, 5) is 23.4. The predicted octanol–water partition coefficient (Wildman–Crippen LogP) is 1.71. The fourth-order valence-corrected chi connectivity index (χ4v) is 1.88. The molecule has 0 unspecified atom stereocenters. The first-order valence-electron chi connectivity index (χ1n) is 7.09. The van der Waals surface area contributed by atoms with Gasteiger partial charge in [0.1, 0.15) is 11.6 Å². The molecule has 0 aliphatic rings. The molecule has 0 radical (unpaired) electrons. The van der Waals surface area contributed by atoms with Gasteiger partial charge in [-0.3, -0.25) is 9.59 Å². The molecule has 24 heavy (non-hydrogen) atoms. The Kier molecular flexibility index (Phi) is 6.01. The molecule has 0 bridgehead atoms. The van der Waals surface area contributed by atoms with Crippen LogP contribution in [0.5, 0.6) is 5.75 Å². The van der Waals surface area contributed by atoms with E-state index in [1.807, 2.05) is 12.1 Å². The molecule has 2 rings (SSSR count). The number of hydrazone groups is 1. The number of nitrogens with zero attached hydrogens (tertiary/aromatic N) is 1. The summed E-state index contributed by atoms with van der Waals surface area (Å²) < 4.78 is 18.2. The second kappa shape index (κ2) is 8.42. The van der Waals surface area contributed by atoms with Crippen LogP contribution in [0.25, 0.3) is 0 Å². The Morgan fingerprint density at radius 1 is 1.21 bits per heavy atom. The van der Waals surface area contributed by atoms with Crippen molar-refractivity contribution in [3.8, 4) is 5.75 Å². The fourth-order valence-electron chi connectivity index (χ4n) is 1.88. The maximum atomic E-state index is 13.0. The van der Waals surface area contributed by atoms with Gasteiger partial charge in [0.2, 0.25) is 0 Å². The number of para-hydroxylation sites is 1. The van der Waals surface area contributed by atoms with Gasteiger partial charge >= 0.3 is 0 Å². The van der Waals surface area contributed by atoms with E-state index in [9.17, 15) is 14.0 Å². The Balaban J connectivity index is 1.83. The van der Waals surface area contributed by atoms with Crippen molar-refractivity contribution in [2.24, 2.45) is 5.10 Å². The number of carbonyl (C=O) groups is 2. The molecule has 0 saturated carbocycles. The highest BCUT2D eigenvalue weighted by Gasteiger charge is 2.08. The average molecular weight is 329 g/mol. The molecular formula is C17H16FN3O3. The van der Waals surface area contributed by atoms with E-state index in [0.29, 0.717) is 11.3 Å². The van der Waals surface area contributed by atoms with Crippen LogP contribution < -0.4 is 15.5 Å². The number of methoxy groups -OCH3 is 1. The molecule has 2 N–H and O–H groups in total. The lowest BCUT2D eigenvalue weighted by Gasteiger charge is -2.05. The summed E-state index contributed by atoms with van der Waals surface area (Å²) >= 11 is 0. The van der Waals surface area contributed by atoms with Gasteiger partial charge in [0, 0.05) is 11.1 Å². The zero-order valence-corrected chi connectivity index (χ0v) is 13.0. The molecule has 6 nitrogen and oxygen atoms in total. The molecule has 7 heteroatoms. The number of carbonyl (C=O) groups excluding carboxylic acids is 2. The lowest BCUT2D eigenvalue weighted by atomic mass is 10.2. The molecular weight excluding hydrogens is 313 g/mol. The number of halogens is 1. The number of hydrogen-bond acceptors (Lipinski definition) is 4. The van der Waals surface area contributed by atoms with Crippen LogP contribution in [0.1, 0.15) is 15.9 Å². The largest absolute Gasteiger partial charge is 0.496 e. The predicted molar refractivity (Wildman–Crippen MR) is 87.5 cm³/mol. The Hall–Kier alpha value is -3.22. The Morgan fingerprint density at radius 3 is 2.75 bits per heavy atom. The quantitative estimate of drug-likeness (QED) is 0.625. The molecule has 2 amide bonds. The van der Waals surface area contributed by atoms with E-state index < -0.39 is 17.6 Å². The molecule has 0 fully saturated rings. The molecule has 0 heterocycles. The lowest BCUT2D eigenvalue weighted by Crippen LogP contribution is -2.34. The van der Waals surface area contributed by atoms with Crippen LogP contribution in [0.4, 0.5) is 4.39 Å². The maximum Gasteiger partial charge on any atom is 0.259 e. The summed E-state index contributed by atoms with van der Waals surface area (Å²) in [6, 6.07) is 12.4. The van der Waals surface area contributed by atoms with E-state index in [0.717, 1.165) is 6.07 Å². The highest BCUT2D eigenvalue weighted by Crippen LogP contribution is 2.14. The van der Waals surface area contributed by atoms with Crippen LogP contribution in [0.3, 0.4) is 0 Å². The number of ether oxygens (including phenoxy) is 1. The number of hydrogen-bond donors (Lipinski definition) is 2. The van der Waals surface area contributed by atoms with Crippen molar-refractivity contribution in [3.63, 3.8) is 0 Å². The highest BCUT2D eigenvalue weighted by molar-refractivity contribution is 5.96. The summed E-state index contributed by atoms with van der Waals surface area (Å²) in [6.07, 6.45) is 1.44. The standard InChI is InChI=1S/C17H16FN3O3/c1-24-15-8-3-2-5-13(15)10-20-21-16(22)11-19-17(23)12-6-4-7-14(18)9-12/h2-10H,11H2,1H3,(H,19,23)(H,21,22)/b20-10+. The third-order valence-corrected chi connectivity index (χ3v) is 3.03. The number of nitrogens with one attached hydrogen (secondary N) is 2. The number of amides is 2. The second-order valence-electron chi connectivity index (χ2n) is 4.73. The van der Waals surface area contributed by atoms with E-state index in [1.165, 1.54) is 31.5 Å². The Morgan fingerprint density at radius 2 is 2.00 bits per heavy atom. The monoisotopic (exact) mass is 329 g/mol. The summed E-state index contributed by atoms with van der Waals surface area (Å²) in [6.45, 7) is -0.279. The van der Waals surface area contributed by atoms with Crippen LogP contribution in [0, 0.1) is 5.82 Å². The van der Waals surface area contributed by atoms with Crippen molar-refractivity contribution >= 4 is 18.0 Å². The molecule has 2 aromatic rings. The van der Waals surface area contributed by atoms with E-state index in [1.54, 1.807) is 12.1 Å². The van der Waals surface area contributed by atoms with Gasteiger partial charge in [-0.2, -0.15) is 5.10 Å². The Labute approximate surface area is 138 Å². The minimum Gasteiger partial charge on any atom is -0.496 e. The molecule has 0 saturated heterocycles. The molecule has 0 aromatic heterocycles. The topological polar surface area (TPSA) is 79.8 Å². The molecule has 124 valence electrons. The van der Waals surface area contributed by atoms with Crippen molar-refractivity contribution in [2.75, 3.05) is 13.7 Å². The van der Waals surface area contributed by atoms with Crippen molar-refractivity contribution in [1.29, 1.82) is 0 Å². The zero-order chi connectivity index (χ0) is 17.4. The van der Waals surface area contributed by atoms with E-state index in [4.69, 9.17) is 4.74 Å². The van der Waals surface area contributed by atoms with Crippen LogP contribution in [-0.4, -0.2) is 31.7 Å². The number of rotatable bonds is 6. The van der Waals surface area contributed by atoms with E-state index in [2.05, 4.69) is 15.8 Å².